The van der Waals surface area contributed by atoms with E-state index in [4.69, 9.17) is 15.2 Å². The Labute approximate surface area is 198 Å². The number of methoxy groups -OCH3 is 2. The highest BCUT2D eigenvalue weighted by atomic mass is 32.2. The monoisotopic (exact) mass is 480 g/mol. The zero-order valence-corrected chi connectivity index (χ0v) is 19.0. The quantitative estimate of drug-likeness (QED) is 0.207. The number of hydrogen-bond acceptors (Lipinski definition) is 11. The molecule has 0 spiro atoms. The van der Waals surface area contributed by atoms with Crippen molar-refractivity contribution in [1.29, 1.82) is 0 Å². The zero-order valence-electron chi connectivity index (χ0n) is 18.2. The predicted molar refractivity (Wildman–Crippen MR) is 124 cm³/mol. The Morgan fingerprint density at radius 1 is 1.21 bits per heavy atom. The number of anilines is 1. The maximum atomic E-state index is 12.9. The summed E-state index contributed by atoms with van der Waals surface area (Å²) in [7, 11) is 3.09. The number of amides is 1. The van der Waals surface area contributed by atoms with Gasteiger partial charge in [0.15, 0.2) is 5.69 Å². The molecule has 2 heterocycles. The van der Waals surface area contributed by atoms with Gasteiger partial charge >= 0.3 is 0 Å². The van der Waals surface area contributed by atoms with Gasteiger partial charge in [-0.15, -0.1) is 16.9 Å². The van der Waals surface area contributed by atoms with Gasteiger partial charge in [0.1, 0.15) is 11.5 Å². The maximum Gasteiger partial charge on any atom is 0.293 e. The lowest BCUT2D eigenvalue weighted by Gasteiger charge is -2.07. The molecule has 2 aromatic heterocycles. The number of hydrogen-bond donors (Lipinski definition) is 2. The van der Waals surface area contributed by atoms with E-state index in [0.717, 1.165) is 4.90 Å². The number of hydrazone groups is 1. The third-order valence-corrected chi connectivity index (χ3v) is 5.63. The average molecular weight is 481 g/mol. The van der Waals surface area contributed by atoms with Crippen LogP contribution in [-0.4, -0.2) is 51.6 Å². The Bertz CT molecular complexity index is 1310. The minimum atomic E-state index is -0.561. The van der Waals surface area contributed by atoms with Gasteiger partial charge in [0, 0.05) is 22.3 Å². The van der Waals surface area contributed by atoms with Crippen molar-refractivity contribution in [3.05, 3.63) is 65.5 Å². The maximum absolute atomic E-state index is 12.9. The van der Waals surface area contributed by atoms with E-state index in [-0.39, 0.29) is 17.3 Å². The molecule has 0 aliphatic carbocycles. The summed E-state index contributed by atoms with van der Waals surface area (Å²) in [4.78, 5) is 13.9. The fraction of sp³-hybridized carbons (Fsp3) is 0.143. The van der Waals surface area contributed by atoms with Gasteiger partial charge < -0.3 is 15.2 Å². The number of carbonyl (C=O) groups excluding carboxylic acids is 1. The molecule has 0 bridgehead atoms. The minimum Gasteiger partial charge on any atom is -0.497 e. The SMILES string of the molecule is COc1ccc(C=NNC(=O)c2nnn(-c3nonc3N)c2CSc2ccccc2)c(OC)c1. The lowest BCUT2D eigenvalue weighted by atomic mass is 10.2. The summed E-state index contributed by atoms with van der Waals surface area (Å²) < 4.78 is 16.5. The Hall–Kier alpha value is -4.39. The molecule has 0 aliphatic rings. The molecular weight excluding hydrogens is 460 g/mol. The zero-order chi connectivity index (χ0) is 23.9. The molecule has 13 heteroatoms. The lowest BCUT2D eigenvalue weighted by molar-refractivity contribution is 0.0949. The van der Waals surface area contributed by atoms with Gasteiger partial charge in [0.2, 0.25) is 11.6 Å². The number of thioether (sulfide) groups is 1. The van der Waals surface area contributed by atoms with Crippen LogP contribution in [0.3, 0.4) is 0 Å². The number of nitrogen functional groups attached to an aromatic ring is 1. The summed E-state index contributed by atoms with van der Waals surface area (Å²) in [6.45, 7) is 0. The van der Waals surface area contributed by atoms with Crippen molar-refractivity contribution >= 4 is 29.7 Å². The minimum absolute atomic E-state index is 0.0208. The van der Waals surface area contributed by atoms with Gasteiger partial charge in [-0.05, 0) is 34.6 Å². The summed E-state index contributed by atoms with van der Waals surface area (Å²) in [6.07, 6.45) is 1.46. The summed E-state index contributed by atoms with van der Waals surface area (Å²) in [5.74, 6) is 1.12. The fourth-order valence-corrected chi connectivity index (χ4v) is 3.83. The molecule has 4 aromatic rings. The smallest absolute Gasteiger partial charge is 0.293 e. The van der Waals surface area contributed by atoms with Crippen LogP contribution >= 0.6 is 11.8 Å². The molecule has 174 valence electrons. The Kier molecular flexibility index (Phi) is 7.03. The first-order chi connectivity index (χ1) is 16.6. The van der Waals surface area contributed by atoms with E-state index in [1.54, 1.807) is 25.3 Å². The first kappa shape index (κ1) is 22.8. The highest BCUT2D eigenvalue weighted by Crippen LogP contribution is 2.26. The second-order valence-corrected chi connectivity index (χ2v) is 7.73. The van der Waals surface area contributed by atoms with Crippen LogP contribution in [-0.2, 0) is 5.75 Å². The Morgan fingerprint density at radius 3 is 2.74 bits per heavy atom. The van der Waals surface area contributed by atoms with Crippen LogP contribution in [0.25, 0.3) is 5.82 Å². The highest BCUT2D eigenvalue weighted by Gasteiger charge is 2.24. The second-order valence-electron chi connectivity index (χ2n) is 6.68. The molecule has 2 aromatic carbocycles. The van der Waals surface area contributed by atoms with E-state index in [0.29, 0.717) is 28.5 Å². The van der Waals surface area contributed by atoms with E-state index in [1.165, 1.54) is 29.8 Å². The molecule has 3 N–H and O–H groups in total. The summed E-state index contributed by atoms with van der Waals surface area (Å²) in [5, 5.41) is 19.4. The number of ether oxygens (including phenoxy) is 2. The van der Waals surface area contributed by atoms with Gasteiger partial charge in [-0.2, -0.15) is 9.78 Å². The van der Waals surface area contributed by atoms with Gasteiger partial charge in [0.05, 0.1) is 26.1 Å². The topological polar surface area (TPSA) is 156 Å². The number of rotatable bonds is 9. The highest BCUT2D eigenvalue weighted by molar-refractivity contribution is 7.98. The molecule has 4 rings (SSSR count). The van der Waals surface area contributed by atoms with E-state index in [2.05, 4.69) is 35.8 Å². The number of benzene rings is 2. The number of nitrogens with two attached hydrogens (primary N) is 1. The number of nitrogens with zero attached hydrogens (tertiary/aromatic N) is 6. The van der Waals surface area contributed by atoms with Crippen molar-refractivity contribution in [2.45, 2.75) is 10.6 Å². The fourth-order valence-electron chi connectivity index (χ4n) is 2.92. The Morgan fingerprint density at radius 2 is 2.03 bits per heavy atom. The molecular formula is C21H20N8O4S. The van der Waals surface area contributed by atoms with Crippen molar-refractivity contribution < 1.29 is 18.9 Å². The van der Waals surface area contributed by atoms with Gasteiger partial charge in [-0.3, -0.25) is 4.79 Å². The van der Waals surface area contributed by atoms with Crippen LogP contribution in [0.2, 0.25) is 0 Å². The number of aromatic nitrogens is 5. The third-order valence-electron chi connectivity index (χ3n) is 4.60. The average Bonchev–Trinajstić information content (AvgIpc) is 3.48. The van der Waals surface area contributed by atoms with Crippen molar-refractivity contribution in [3.8, 4) is 17.3 Å². The summed E-state index contributed by atoms with van der Waals surface area (Å²) >= 11 is 1.49. The van der Waals surface area contributed by atoms with Crippen LogP contribution < -0.4 is 20.6 Å². The van der Waals surface area contributed by atoms with Crippen molar-refractivity contribution in [2.24, 2.45) is 5.10 Å². The first-order valence-corrected chi connectivity index (χ1v) is 10.9. The predicted octanol–water partition coefficient (Wildman–Crippen LogP) is 2.31. The number of carbonyl (C=O) groups is 1. The largest absolute Gasteiger partial charge is 0.497 e. The normalized spacial score (nSPS) is 11.0. The second kappa shape index (κ2) is 10.5. The van der Waals surface area contributed by atoms with E-state index >= 15 is 0 Å². The molecule has 0 unspecified atom stereocenters. The molecule has 0 saturated heterocycles. The molecule has 0 saturated carbocycles. The van der Waals surface area contributed by atoms with Crippen LogP contribution in [0.5, 0.6) is 11.5 Å². The van der Waals surface area contributed by atoms with Crippen LogP contribution in [0, 0.1) is 0 Å². The molecule has 0 radical (unpaired) electrons. The standard InChI is InChI=1S/C21H20N8O4S/c1-31-14-9-8-13(17(10-14)32-2)11-23-25-21(30)18-16(12-34-15-6-4-3-5-7-15)29(28-24-18)20-19(22)26-33-27-20/h3-11H,12H2,1-2H3,(H2,22,26)(H,25,30). The molecule has 0 fully saturated rings. The molecule has 12 nitrogen and oxygen atoms in total. The molecule has 1 amide bonds. The van der Waals surface area contributed by atoms with Gasteiger partial charge in [0.25, 0.3) is 5.91 Å². The van der Waals surface area contributed by atoms with E-state index < -0.39 is 5.91 Å². The summed E-state index contributed by atoms with van der Waals surface area (Å²) in [6, 6.07) is 14.9. The van der Waals surface area contributed by atoms with Crippen molar-refractivity contribution in [2.75, 3.05) is 20.0 Å². The first-order valence-electron chi connectivity index (χ1n) is 9.87. The van der Waals surface area contributed by atoms with Crippen LogP contribution in [0.1, 0.15) is 21.7 Å². The van der Waals surface area contributed by atoms with Crippen LogP contribution in [0.4, 0.5) is 5.82 Å². The molecule has 0 aliphatic heterocycles. The number of nitrogens with one attached hydrogen (secondary N) is 1. The van der Waals surface area contributed by atoms with Crippen molar-refractivity contribution in [1.82, 2.24) is 30.7 Å². The molecule has 0 atom stereocenters. The molecule has 34 heavy (non-hydrogen) atoms. The van der Waals surface area contributed by atoms with E-state index in [9.17, 15) is 4.79 Å². The van der Waals surface area contributed by atoms with E-state index in [1.807, 2.05) is 30.3 Å². The van der Waals surface area contributed by atoms with Gasteiger partial charge in [-0.1, -0.05) is 23.4 Å². The Balaban J connectivity index is 1.57. The van der Waals surface area contributed by atoms with Crippen LogP contribution in [0.15, 0.2) is 63.2 Å². The van der Waals surface area contributed by atoms with Gasteiger partial charge in [-0.25, -0.2) is 10.1 Å². The summed E-state index contributed by atoms with van der Waals surface area (Å²) in [5.41, 5.74) is 9.44. The van der Waals surface area contributed by atoms with Crippen molar-refractivity contribution in [3.63, 3.8) is 0 Å². The lowest BCUT2D eigenvalue weighted by Crippen LogP contribution is -2.20. The third kappa shape index (κ3) is 4.99.